The number of tetrazole rings is 1. The zero-order valence-electron chi connectivity index (χ0n) is 8.50. The van der Waals surface area contributed by atoms with Gasteiger partial charge in [0.15, 0.2) is 6.04 Å². The van der Waals surface area contributed by atoms with E-state index in [-0.39, 0.29) is 64.3 Å². The molecule has 0 radical (unpaired) electrons. The summed E-state index contributed by atoms with van der Waals surface area (Å²) in [6.07, 6.45) is 3.44. The van der Waals surface area contributed by atoms with E-state index in [2.05, 4.69) is 35.1 Å². The summed E-state index contributed by atoms with van der Waals surface area (Å²) in [6.45, 7) is 2.07. The number of hydrogen-bond donors (Lipinski definition) is 2. The first-order valence-electron chi connectivity index (χ1n) is 4.86. The van der Waals surface area contributed by atoms with Crippen LogP contribution in [-0.4, -0.2) is 90.4 Å². The number of nitrogens with zero attached hydrogens (tertiary/aromatic N) is 4. The Hall–Kier alpha value is 0.890. The van der Waals surface area contributed by atoms with E-state index in [4.69, 9.17) is 5.11 Å². The Morgan fingerprint density at radius 2 is 2.12 bits per heavy atom. The van der Waals surface area contributed by atoms with E-state index >= 15 is 0 Å². The molecular weight excluding hydrogens is 262 g/mol. The van der Waals surface area contributed by atoms with Crippen molar-refractivity contribution in [1.82, 2.24) is 20.2 Å². The maximum atomic E-state index is 11.0. The predicted octanol–water partition coefficient (Wildman–Crippen LogP) is -0.129. The van der Waals surface area contributed by atoms with Gasteiger partial charge in [-0.2, -0.15) is 0 Å². The Morgan fingerprint density at radius 1 is 1.47 bits per heavy atom. The first-order chi connectivity index (χ1) is 7.16. The molecule has 1 heterocycles. The van der Waals surface area contributed by atoms with E-state index in [0.29, 0.717) is 6.42 Å². The molecule has 17 heavy (non-hydrogen) atoms. The Kier molecular flexibility index (Phi) is 12.8. The molecule has 0 aliphatic rings. The van der Waals surface area contributed by atoms with Crippen LogP contribution in [0.1, 0.15) is 38.6 Å². The van der Waals surface area contributed by atoms with Crippen molar-refractivity contribution in [3.8, 4) is 0 Å². The van der Waals surface area contributed by atoms with Crippen LogP contribution in [0, 0.1) is 0 Å². The van der Waals surface area contributed by atoms with Crippen molar-refractivity contribution < 1.29 is 9.90 Å². The molecule has 1 rings (SSSR count). The van der Waals surface area contributed by atoms with Crippen molar-refractivity contribution in [2.75, 3.05) is 0 Å². The Bertz CT molecular complexity index is 337. The Balaban J connectivity index is 0. The van der Waals surface area contributed by atoms with Crippen LogP contribution in [0.5, 0.6) is 0 Å². The number of hydrogen-bond acceptors (Lipinski definition) is 5. The molecule has 9 heteroatoms. The van der Waals surface area contributed by atoms with Crippen LogP contribution in [0.2, 0.25) is 0 Å². The minimum atomic E-state index is -0.922. The summed E-state index contributed by atoms with van der Waals surface area (Å²) in [5.74, 6) is -0.922. The maximum absolute atomic E-state index is 11.0. The zero-order chi connectivity index (χ0) is 11.3. The molecule has 1 aromatic rings. The number of aliphatic carboxylic acids is 1. The third kappa shape index (κ3) is 6.56. The molecule has 0 amide bonds. The van der Waals surface area contributed by atoms with Crippen molar-refractivity contribution in [2.24, 2.45) is 0 Å². The second-order valence-corrected chi connectivity index (χ2v) is 3.67. The topological polar surface area (TPSA) is 80.9 Å². The average Bonchev–Trinajstić information content (AvgIpc) is 2.59. The first-order valence-corrected chi connectivity index (χ1v) is 5.31. The molecule has 0 aliphatic carbocycles. The fourth-order valence-electron chi connectivity index (χ4n) is 1.33. The number of carboxylic acid groups (broad SMARTS) is 1. The molecule has 0 bridgehead atoms. The van der Waals surface area contributed by atoms with Gasteiger partial charge in [-0.05, 0) is 16.8 Å². The van der Waals surface area contributed by atoms with Gasteiger partial charge in [0.2, 0.25) is 5.16 Å². The van der Waals surface area contributed by atoms with Crippen LogP contribution in [-0.2, 0) is 4.79 Å². The van der Waals surface area contributed by atoms with Crippen LogP contribution in [0.25, 0.3) is 0 Å². The van der Waals surface area contributed by atoms with E-state index < -0.39 is 12.0 Å². The van der Waals surface area contributed by atoms with Crippen LogP contribution >= 0.6 is 12.6 Å². The molecule has 0 aliphatic heterocycles. The van der Waals surface area contributed by atoms with Gasteiger partial charge < -0.3 is 5.11 Å². The van der Waals surface area contributed by atoms with Gasteiger partial charge in [0.25, 0.3) is 0 Å². The van der Waals surface area contributed by atoms with E-state index in [9.17, 15) is 4.79 Å². The van der Waals surface area contributed by atoms with Crippen LogP contribution < -0.4 is 0 Å². The summed E-state index contributed by atoms with van der Waals surface area (Å²) < 4.78 is 1.24. The summed E-state index contributed by atoms with van der Waals surface area (Å²) in [4.78, 5) is 11.0. The average molecular weight is 278 g/mol. The molecule has 1 atom stereocenters. The first kappa shape index (κ1) is 20.2. The van der Waals surface area contributed by atoms with E-state index in [1.807, 2.05) is 0 Å². The molecule has 0 aromatic carbocycles. The summed E-state index contributed by atoms with van der Waals surface area (Å²) in [5.41, 5.74) is 0. The van der Waals surface area contributed by atoms with Gasteiger partial charge in [-0.1, -0.05) is 26.2 Å². The Labute approximate surface area is 150 Å². The van der Waals surface area contributed by atoms with Gasteiger partial charge in [-0.25, -0.2) is 9.48 Å². The minimum absolute atomic E-state index is 0. The van der Waals surface area contributed by atoms with Gasteiger partial charge in [-0.3, -0.25) is 0 Å². The summed E-state index contributed by atoms with van der Waals surface area (Å²) in [5, 5.41) is 19.8. The molecule has 6 nitrogen and oxygen atoms in total. The monoisotopic (exact) mass is 278 g/mol. The molecule has 0 spiro atoms. The van der Waals surface area contributed by atoms with E-state index in [0.717, 1.165) is 19.3 Å². The zero-order valence-corrected chi connectivity index (χ0v) is 9.39. The van der Waals surface area contributed by atoms with Crippen molar-refractivity contribution in [1.29, 1.82) is 0 Å². The second kappa shape index (κ2) is 10.8. The van der Waals surface area contributed by atoms with Crippen LogP contribution in [0.3, 0.4) is 0 Å². The van der Waals surface area contributed by atoms with E-state index in [1.165, 1.54) is 4.68 Å². The van der Waals surface area contributed by atoms with Gasteiger partial charge in [0.05, 0.1) is 0 Å². The second-order valence-electron chi connectivity index (χ2n) is 3.27. The van der Waals surface area contributed by atoms with Crippen LogP contribution in [0.15, 0.2) is 5.16 Å². The molecule has 1 N–H and O–H groups in total. The number of rotatable bonds is 6. The number of carboxylic acids is 1. The number of thiol groups is 1. The standard InChI is InChI=1S/C8H14N4O2S.2Na.2H/c1-2-3-4-5-6(7(13)14)12-8(15)9-10-11-12;;;;/h6H,2-5H2,1H3,(H,13,14)(H,9,11,15);;;;. The molecule has 1 aromatic heterocycles. The fourth-order valence-corrected chi connectivity index (χ4v) is 1.55. The quantitative estimate of drug-likeness (QED) is 0.430. The molecule has 88 valence electrons. The molecular formula is C8H16N4Na2O2S. The number of aromatic nitrogens is 4. The summed E-state index contributed by atoms with van der Waals surface area (Å²) >= 11 is 3.99. The van der Waals surface area contributed by atoms with Crippen molar-refractivity contribution in [2.45, 2.75) is 43.8 Å². The molecule has 0 saturated carbocycles. The SMILES string of the molecule is CCCCCC(C(=O)O)n1nnnc1S.[NaH].[NaH]. The van der Waals surface area contributed by atoms with Gasteiger partial charge in [-0.15, -0.1) is 17.7 Å². The van der Waals surface area contributed by atoms with Crippen molar-refractivity contribution in [3.63, 3.8) is 0 Å². The van der Waals surface area contributed by atoms with E-state index in [1.54, 1.807) is 0 Å². The molecule has 0 fully saturated rings. The Morgan fingerprint density at radius 3 is 2.53 bits per heavy atom. The number of carbonyl (C=O) groups is 1. The fraction of sp³-hybridized carbons (Fsp3) is 0.750. The molecule has 0 saturated heterocycles. The summed E-state index contributed by atoms with van der Waals surface area (Å²) in [6, 6.07) is -0.709. The summed E-state index contributed by atoms with van der Waals surface area (Å²) in [7, 11) is 0. The third-order valence-corrected chi connectivity index (χ3v) is 2.43. The molecule has 1 unspecified atom stereocenters. The van der Waals surface area contributed by atoms with Crippen molar-refractivity contribution in [3.05, 3.63) is 0 Å². The van der Waals surface area contributed by atoms with Crippen molar-refractivity contribution >= 4 is 77.7 Å². The van der Waals surface area contributed by atoms with Crippen LogP contribution in [0.4, 0.5) is 0 Å². The number of unbranched alkanes of at least 4 members (excludes halogenated alkanes) is 2. The van der Waals surface area contributed by atoms with Gasteiger partial charge in [0.1, 0.15) is 0 Å². The normalized spacial score (nSPS) is 11.2. The van der Waals surface area contributed by atoms with Gasteiger partial charge >= 0.3 is 65.1 Å². The third-order valence-electron chi connectivity index (χ3n) is 2.14. The van der Waals surface area contributed by atoms with Gasteiger partial charge in [0, 0.05) is 0 Å². The predicted molar refractivity (Wildman–Crippen MR) is 70.2 cm³/mol.